The second-order valence-electron chi connectivity index (χ2n) is 4.31. The molecule has 0 saturated heterocycles. The SMILES string of the molecule is Cc1cn(Cc2cccc(C(=N)N)c2)c(=O)[nH]c1=O. The summed E-state index contributed by atoms with van der Waals surface area (Å²) in [5.74, 6) is -0.0214. The first-order valence-electron chi connectivity index (χ1n) is 5.71. The first-order chi connectivity index (χ1) is 8.97. The fraction of sp³-hybridized carbons (Fsp3) is 0.154. The van der Waals surface area contributed by atoms with Crippen LogP contribution in [0.1, 0.15) is 16.7 Å². The van der Waals surface area contributed by atoms with Crippen LogP contribution in [0, 0.1) is 12.3 Å². The Kier molecular flexibility index (Phi) is 3.33. The number of nitrogens with two attached hydrogens (primary N) is 1. The average Bonchev–Trinajstić information content (AvgIpc) is 2.36. The molecule has 0 aliphatic heterocycles. The first-order valence-corrected chi connectivity index (χ1v) is 5.71. The van der Waals surface area contributed by atoms with Crippen LogP contribution in [0.5, 0.6) is 0 Å². The van der Waals surface area contributed by atoms with E-state index in [4.69, 9.17) is 11.1 Å². The molecule has 1 aromatic heterocycles. The molecule has 19 heavy (non-hydrogen) atoms. The summed E-state index contributed by atoms with van der Waals surface area (Å²) in [4.78, 5) is 25.2. The van der Waals surface area contributed by atoms with Gasteiger partial charge in [0.15, 0.2) is 0 Å². The Labute approximate surface area is 109 Å². The van der Waals surface area contributed by atoms with Gasteiger partial charge in [0, 0.05) is 17.3 Å². The number of aromatic amines is 1. The molecule has 2 rings (SSSR count). The molecule has 0 unspecified atom stereocenters. The zero-order valence-electron chi connectivity index (χ0n) is 10.4. The van der Waals surface area contributed by atoms with Crippen molar-refractivity contribution in [2.24, 2.45) is 5.73 Å². The second kappa shape index (κ2) is 4.93. The van der Waals surface area contributed by atoms with Gasteiger partial charge in [-0.1, -0.05) is 18.2 Å². The summed E-state index contributed by atoms with van der Waals surface area (Å²) in [5.41, 5.74) is 6.50. The lowest BCUT2D eigenvalue weighted by atomic mass is 10.1. The summed E-state index contributed by atoms with van der Waals surface area (Å²) in [6.07, 6.45) is 1.52. The number of hydrogen-bond donors (Lipinski definition) is 3. The van der Waals surface area contributed by atoms with E-state index in [-0.39, 0.29) is 11.4 Å². The van der Waals surface area contributed by atoms with Gasteiger partial charge in [-0.2, -0.15) is 0 Å². The van der Waals surface area contributed by atoms with Crippen LogP contribution >= 0.6 is 0 Å². The third-order valence-corrected chi connectivity index (χ3v) is 2.78. The summed E-state index contributed by atoms with van der Waals surface area (Å²) >= 11 is 0. The van der Waals surface area contributed by atoms with E-state index < -0.39 is 5.69 Å². The summed E-state index contributed by atoms with van der Waals surface area (Å²) < 4.78 is 1.41. The van der Waals surface area contributed by atoms with Crippen molar-refractivity contribution in [1.29, 1.82) is 5.41 Å². The molecule has 0 atom stereocenters. The summed E-state index contributed by atoms with van der Waals surface area (Å²) in [6, 6.07) is 7.08. The predicted molar refractivity (Wildman–Crippen MR) is 72.6 cm³/mol. The second-order valence-corrected chi connectivity index (χ2v) is 4.31. The van der Waals surface area contributed by atoms with Crippen molar-refractivity contribution in [1.82, 2.24) is 9.55 Å². The van der Waals surface area contributed by atoms with Crippen LogP contribution in [-0.4, -0.2) is 15.4 Å². The van der Waals surface area contributed by atoms with Gasteiger partial charge in [0.05, 0.1) is 6.54 Å². The van der Waals surface area contributed by atoms with Crippen LogP contribution in [0.25, 0.3) is 0 Å². The molecule has 0 aliphatic rings. The highest BCUT2D eigenvalue weighted by molar-refractivity contribution is 5.95. The molecule has 0 aliphatic carbocycles. The van der Waals surface area contributed by atoms with Crippen LogP contribution < -0.4 is 17.0 Å². The molecule has 0 bridgehead atoms. The number of benzene rings is 1. The average molecular weight is 258 g/mol. The highest BCUT2D eigenvalue weighted by Gasteiger charge is 2.03. The fourth-order valence-corrected chi connectivity index (χ4v) is 1.77. The van der Waals surface area contributed by atoms with E-state index in [2.05, 4.69) is 4.98 Å². The van der Waals surface area contributed by atoms with Crippen LogP contribution in [0.2, 0.25) is 0 Å². The van der Waals surface area contributed by atoms with Crippen molar-refractivity contribution in [3.05, 3.63) is 68.0 Å². The number of nitrogens with one attached hydrogen (secondary N) is 2. The molecule has 0 amide bonds. The Morgan fingerprint density at radius 1 is 1.42 bits per heavy atom. The van der Waals surface area contributed by atoms with Crippen LogP contribution in [0.15, 0.2) is 40.1 Å². The summed E-state index contributed by atoms with van der Waals surface area (Å²) in [5, 5.41) is 7.38. The molecule has 6 heteroatoms. The molecule has 0 radical (unpaired) electrons. The van der Waals surface area contributed by atoms with E-state index in [1.165, 1.54) is 10.8 Å². The summed E-state index contributed by atoms with van der Waals surface area (Å²) in [7, 11) is 0. The van der Waals surface area contributed by atoms with Gasteiger partial charge in [-0.15, -0.1) is 0 Å². The number of nitrogens with zero attached hydrogens (tertiary/aromatic N) is 1. The molecule has 0 saturated carbocycles. The smallest absolute Gasteiger partial charge is 0.328 e. The van der Waals surface area contributed by atoms with Gasteiger partial charge < -0.3 is 5.73 Å². The van der Waals surface area contributed by atoms with Gasteiger partial charge in [-0.05, 0) is 18.6 Å². The Morgan fingerprint density at radius 3 is 2.84 bits per heavy atom. The van der Waals surface area contributed by atoms with E-state index in [1.807, 2.05) is 6.07 Å². The maximum Gasteiger partial charge on any atom is 0.328 e. The van der Waals surface area contributed by atoms with Crippen LogP contribution in [0.4, 0.5) is 0 Å². The van der Waals surface area contributed by atoms with Gasteiger partial charge in [-0.25, -0.2) is 4.79 Å². The molecule has 0 fully saturated rings. The van der Waals surface area contributed by atoms with E-state index in [0.29, 0.717) is 17.7 Å². The van der Waals surface area contributed by atoms with E-state index in [1.54, 1.807) is 25.1 Å². The normalized spacial score (nSPS) is 10.4. The topological polar surface area (TPSA) is 105 Å². The van der Waals surface area contributed by atoms with Crippen LogP contribution in [-0.2, 0) is 6.54 Å². The highest BCUT2D eigenvalue weighted by atomic mass is 16.2. The number of aryl methyl sites for hydroxylation is 1. The molecule has 1 heterocycles. The molecule has 2 aromatic rings. The van der Waals surface area contributed by atoms with Crippen LogP contribution in [0.3, 0.4) is 0 Å². The zero-order chi connectivity index (χ0) is 14.0. The van der Waals surface area contributed by atoms with E-state index in [9.17, 15) is 9.59 Å². The van der Waals surface area contributed by atoms with Crippen molar-refractivity contribution < 1.29 is 0 Å². The predicted octanol–water partition coefficient (Wildman–Crippen LogP) is 0.177. The fourth-order valence-electron chi connectivity index (χ4n) is 1.77. The van der Waals surface area contributed by atoms with E-state index in [0.717, 1.165) is 5.56 Å². The minimum atomic E-state index is -0.455. The number of hydrogen-bond acceptors (Lipinski definition) is 3. The van der Waals surface area contributed by atoms with Gasteiger partial charge in [0.2, 0.25) is 0 Å². The van der Waals surface area contributed by atoms with Crippen molar-refractivity contribution >= 4 is 5.84 Å². The van der Waals surface area contributed by atoms with Gasteiger partial charge in [0.25, 0.3) is 5.56 Å². The molecule has 98 valence electrons. The standard InChI is InChI=1S/C13H14N4O2/c1-8-6-17(13(19)16-12(8)18)7-9-3-2-4-10(5-9)11(14)15/h2-6H,7H2,1H3,(H3,14,15)(H,16,18,19). The molecule has 0 spiro atoms. The molecular formula is C13H14N4O2. The Hall–Kier alpha value is -2.63. The minimum Gasteiger partial charge on any atom is -0.384 e. The number of H-pyrrole nitrogens is 1. The number of aromatic nitrogens is 2. The highest BCUT2D eigenvalue weighted by Crippen LogP contribution is 2.05. The zero-order valence-corrected chi connectivity index (χ0v) is 10.4. The molecule has 6 nitrogen and oxygen atoms in total. The van der Waals surface area contributed by atoms with Crippen molar-refractivity contribution in [2.75, 3.05) is 0 Å². The van der Waals surface area contributed by atoms with Crippen molar-refractivity contribution in [3.8, 4) is 0 Å². The monoisotopic (exact) mass is 258 g/mol. The lowest BCUT2D eigenvalue weighted by Crippen LogP contribution is -2.31. The Morgan fingerprint density at radius 2 is 2.16 bits per heavy atom. The van der Waals surface area contributed by atoms with E-state index >= 15 is 0 Å². The first kappa shape index (κ1) is 12.8. The van der Waals surface area contributed by atoms with Crippen molar-refractivity contribution in [2.45, 2.75) is 13.5 Å². The largest absolute Gasteiger partial charge is 0.384 e. The summed E-state index contributed by atoms with van der Waals surface area (Å²) in [6.45, 7) is 1.96. The third-order valence-electron chi connectivity index (χ3n) is 2.78. The maximum absolute atomic E-state index is 11.7. The van der Waals surface area contributed by atoms with Gasteiger partial charge in [0.1, 0.15) is 5.84 Å². The lowest BCUT2D eigenvalue weighted by molar-refractivity contribution is 0.713. The Balaban J connectivity index is 2.39. The van der Waals surface area contributed by atoms with Crippen molar-refractivity contribution in [3.63, 3.8) is 0 Å². The quantitative estimate of drug-likeness (QED) is 0.540. The maximum atomic E-state index is 11.7. The molecule has 1 aromatic carbocycles. The number of nitrogen functional groups attached to an aromatic ring is 1. The molecule has 4 N–H and O–H groups in total. The number of amidine groups is 1. The lowest BCUT2D eigenvalue weighted by Gasteiger charge is -2.07. The minimum absolute atomic E-state index is 0.0214. The third kappa shape index (κ3) is 2.79. The van der Waals surface area contributed by atoms with Gasteiger partial charge >= 0.3 is 5.69 Å². The number of rotatable bonds is 3. The van der Waals surface area contributed by atoms with Gasteiger partial charge in [-0.3, -0.25) is 19.8 Å². The molecular weight excluding hydrogens is 244 g/mol. The Bertz CT molecular complexity index is 743.